The van der Waals surface area contributed by atoms with Crippen LogP contribution in [0.25, 0.3) is 0 Å². The molecule has 4 nitrogen and oxygen atoms in total. The van der Waals surface area contributed by atoms with Crippen molar-refractivity contribution in [3.63, 3.8) is 0 Å². The van der Waals surface area contributed by atoms with Gasteiger partial charge in [-0.2, -0.15) is 0 Å². The first-order valence-electron chi connectivity index (χ1n) is 7.74. The van der Waals surface area contributed by atoms with Gasteiger partial charge >= 0.3 is 0 Å². The predicted octanol–water partition coefficient (Wildman–Crippen LogP) is 1.79. The lowest BCUT2D eigenvalue weighted by Gasteiger charge is -2.30. The number of amides is 1. The first-order valence-corrected chi connectivity index (χ1v) is 7.74. The average molecular weight is 291 g/mol. The second-order valence-corrected chi connectivity index (χ2v) is 6.01. The molecular formula is C17H29N3O. The minimum atomic E-state index is -0.487. The molecule has 0 heterocycles. The SMILES string of the molecule is CC(C)N(CCNC(=O)C(N)Cc1ccccc1)C(C)C. The van der Waals surface area contributed by atoms with Crippen LogP contribution in [0.3, 0.4) is 0 Å². The van der Waals surface area contributed by atoms with Gasteiger partial charge in [-0.05, 0) is 39.7 Å². The zero-order chi connectivity index (χ0) is 15.8. The molecule has 0 aliphatic rings. The number of nitrogens with zero attached hydrogens (tertiary/aromatic N) is 1. The van der Waals surface area contributed by atoms with Crippen LogP contribution in [-0.2, 0) is 11.2 Å². The summed E-state index contributed by atoms with van der Waals surface area (Å²) >= 11 is 0. The lowest BCUT2D eigenvalue weighted by molar-refractivity contribution is -0.122. The Kier molecular flexibility index (Phi) is 7.40. The summed E-state index contributed by atoms with van der Waals surface area (Å²) in [5, 5.41) is 2.94. The Morgan fingerprint density at radius 3 is 2.24 bits per heavy atom. The number of benzene rings is 1. The summed E-state index contributed by atoms with van der Waals surface area (Å²) in [6.45, 7) is 10.2. The molecule has 0 fully saturated rings. The number of hydrogen-bond donors (Lipinski definition) is 2. The molecule has 0 radical (unpaired) electrons. The second kappa shape index (κ2) is 8.80. The van der Waals surface area contributed by atoms with Crippen LogP contribution in [0, 0.1) is 0 Å². The van der Waals surface area contributed by atoms with Crippen molar-refractivity contribution in [2.24, 2.45) is 5.73 Å². The highest BCUT2D eigenvalue weighted by Crippen LogP contribution is 2.04. The average Bonchev–Trinajstić information content (AvgIpc) is 2.43. The fourth-order valence-corrected chi connectivity index (χ4v) is 2.51. The second-order valence-electron chi connectivity index (χ2n) is 6.01. The summed E-state index contributed by atoms with van der Waals surface area (Å²) in [6, 6.07) is 10.3. The smallest absolute Gasteiger partial charge is 0.237 e. The van der Waals surface area contributed by atoms with E-state index in [0.29, 0.717) is 25.0 Å². The Bertz CT molecular complexity index is 409. The van der Waals surface area contributed by atoms with Crippen LogP contribution in [0.5, 0.6) is 0 Å². The largest absolute Gasteiger partial charge is 0.353 e. The highest BCUT2D eigenvalue weighted by atomic mass is 16.2. The number of carbonyl (C=O) groups is 1. The predicted molar refractivity (Wildman–Crippen MR) is 88.1 cm³/mol. The van der Waals surface area contributed by atoms with Crippen molar-refractivity contribution in [3.05, 3.63) is 35.9 Å². The Morgan fingerprint density at radius 1 is 1.14 bits per heavy atom. The highest BCUT2D eigenvalue weighted by Gasteiger charge is 2.16. The van der Waals surface area contributed by atoms with Gasteiger partial charge in [0.25, 0.3) is 0 Å². The molecular weight excluding hydrogens is 262 g/mol. The minimum absolute atomic E-state index is 0.0775. The van der Waals surface area contributed by atoms with Gasteiger partial charge in [0.1, 0.15) is 0 Å². The third-order valence-corrected chi connectivity index (χ3v) is 3.63. The third kappa shape index (κ3) is 6.27. The summed E-state index contributed by atoms with van der Waals surface area (Å²) in [4.78, 5) is 14.4. The Hall–Kier alpha value is -1.39. The van der Waals surface area contributed by atoms with Crippen molar-refractivity contribution in [1.29, 1.82) is 0 Å². The maximum absolute atomic E-state index is 12.0. The fraction of sp³-hybridized carbons (Fsp3) is 0.588. The van der Waals surface area contributed by atoms with Crippen LogP contribution in [0.15, 0.2) is 30.3 Å². The van der Waals surface area contributed by atoms with Gasteiger partial charge in [-0.1, -0.05) is 30.3 Å². The monoisotopic (exact) mass is 291 g/mol. The van der Waals surface area contributed by atoms with Crippen molar-refractivity contribution >= 4 is 5.91 Å². The van der Waals surface area contributed by atoms with E-state index in [1.54, 1.807) is 0 Å². The zero-order valence-corrected chi connectivity index (χ0v) is 13.7. The first-order chi connectivity index (χ1) is 9.91. The zero-order valence-electron chi connectivity index (χ0n) is 13.7. The summed E-state index contributed by atoms with van der Waals surface area (Å²) in [5.74, 6) is -0.0775. The molecule has 0 aliphatic heterocycles. The number of nitrogens with two attached hydrogens (primary N) is 1. The van der Waals surface area contributed by atoms with Crippen LogP contribution in [-0.4, -0.2) is 42.0 Å². The molecule has 0 aromatic heterocycles. The summed E-state index contributed by atoms with van der Waals surface area (Å²) in [6.07, 6.45) is 0.574. The molecule has 0 saturated heterocycles. The molecule has 1 aromatic carbocycles. The molecule has 4 heteroatoms. The van der Waals surface area contributed by atoms with Crippen molar-refractivity contribution < 1.29 is 4.79 Å². The molecule has 118 valence electrons. The molecule has 0 saturated carbocycles. The topological polar surface area (TPSA) is 58.4 Å². The standard InChI is InChI=1S/C17H29N3O/c1-13(2)20(14(3)4)11-10-19-17(21)16(18)12-15-8-6-5-7-9-15/h5-9,13-14,16H,10-12,18H2,1-4H3,(H,19,21). The molecule has 3 N–H and O–H groups in total. The molecule has 1 amide bonds. The molecule has 1 unspecified atom stereocenters. The van der Waals surface area contributed by atoms with Crippen LogP contribution in [0.1, 0.15) is 33.3 Å². The normalized spacial score (nSPS) is 13.0. The summed E-state index contributed by atoms with van der Waals surface area (Å²) in [7, 11) is 0. The van der Waals surface area contributed by atoms with Crippen LogP contribution < -0.4 is 11.1 Å². The first kappa shape index (κ1) is 17.7. The molecule has 0 spiro atoms. The van der Waals surface area contributed by atoms with Crippen molar-refractivity contribution in [2.75, 3.05) is 13.1 Å². The number of carbonyl (C=O) groups excluding carboxylic acids is 1. The van der Waals surface area contributed by atoms with Crippen molar-refractivity contribution in [3.8, 4) is 0 Å². The maximum atomic E-state index is 12.0. The molecule has 1 atom stereocenters. The number of nitrogens with one attached hydrogen (secondary N) is 1. The van der Waals surface area contributed by atoms with Gasteiger partial charge in [0.15, 0.2) is 0 Å². The Labute approximate surface area is 128 Å². The Morgan fingerprint density at radius 2 is 1.71 bits per heavy atom. The van der Waals surface area contributed by atoms with Crippen molar-refractivity contribution in [2.45, 2.75) is 52.2 Å². The number of rotatable bonds is 8. The minimum Gasteiger partial charge on any atom is -0.353 e. The Balaban J connectivity index is 2.36. The van der Waals surface area contributed by atoms with E-state index in [2.05, 4.69) is 37.9 Å². The van der Waals surface area contributed by atoms with Gasteiger partial charge in [0, 0.05) is 25.2 Å². The number of hydrogen-bond acceptors (Lipinski definition) is 3. The van der Waals surface area contributed by atoms with Gasteiger partial charge in [0.2, 0.25) is 5.91 Å². The maximum Gasteiger partial charge on any atom is 0.237 e. The molecule has 1 aromatic rings. The van der Waals surface area contributed by atoms with Gasteiger partial charge in [-0.25, -0.2) is 0 Å². The lowest BCUT2D eigenvalue weighted by atomic mass is 10.1. The van der Waals surface area contributed by atoms with E-state index in [1.165, 1.54) is 0 Å². The molecule has 21 heavy (non-hydrogen) atoms. The summed E-state index contributed by atoms with van der Waals surface area (Å²) < 4.78 is 0. The van der Waals surface area contributed by atoms with E-state index in [0.717, 1.165) is 12.1 Å². The van der Waals surface area contributed by atoms with Gasteiger partial charge in [0.05, 0.1) is 6.04 Å². The molecule has 0 aliphatic carbocycles. The van der Waals surface area contributed by atoms with E-state index in [-0.39, 0.29) is 5.91 Å². The quantitative estimate of drug-likeness (QED) is 0.768. The van der Waals surface area contributed by atoms with Gasteiger partial charge in [-0.15, -0.1) is 0 Å². The van der Waals surface area contributed by atoms with E-state index in [1.807, 2.05) is 30.3 Å². The molecule has 0 bridgehead atoms. The summed E-state index contributed by atoms with van der Waals surface area (Å²) in [5.41, 5.74) is 7.05. The van der Waals surface area contributed by atoms with E-state index >= 15 is 0 Å². The van der Waals surface area contributed by atoms with E-state index < -0.39 is 6.04 Å². The van der Waals surface area contributed by atoms with Gasteiger partial charge in [-0.3, -0.25) is 9.69 Å². The van der Waals surface area contributed by atoms with Crippen LogP contribution >= 0.6 is 0 Å². The molecule has 1 rings (SSSR count). The fourth-order valence-electron chi connectivity index (χ4n) is 2.51. The van der Waals surface area contributed by atoms with Crippen LogP contribution in [0.4, 0.5) is 0 Å². The van der Waals surface area contributed by atoms with E-state index in [4.69, 9.17) is 5.73 Å². The highest BCUT2D eigenvalue weighted by molar-refractivity contribution is 5.81. The third-order valence-electron chi connectivity index (χ3n) is 3.63. The van der Waals surface area contributed by atoms with Crippen molar-refractivity contribution in [1.82, 2.24) is 10.2 Å². The van der Waals surface area contributed by atoms with Crippen LogP contribution in [0.2, 0.25) is 0 Å². The van der Waals surface area contributed by atoms with Gasteiger partial charge < -0.3 is 11.1 Å². The lowest BCUT2D eigenvalue weighted by Crippen LogP contribution is -2.47. The van der Waals surface area contributed by atoms with E-state index in [9.17, 15) is 4.79 Å².